The number of halogens is 1. The fourth-order valence-electron chi connectivity index (χ4n) is 3.36. The van der Waals surface area contributed by atoms with Crippen LogP contribution in [0.15, 0.2) is 89.6 Å². The Morgan fingerprint density at radius 3 is 2.69 bits per heavy atom. The standard InChI is InChI=1S/C26H25IN6OS/c1-3-14-33-24(17-28-23-12-10-22(27)11-13-23)30-32-26(33)35-18(2)25(34)31-29-16-19-8-9-20-6-4-5-7-21(20)15-19/h3-13,15-16,18,28H,1,14,17H2,2H3,(H,31,34)/b29-16+. The highest BCUT2D eigenvalue weighted by molar-refractivity contribution is 14.1. The molecule has 0 fully saturated rings. The van der Waals surface area contributed by atoms with E-state index >= 15 is 0 Å². The van der Waals surface area contributed by atoms with E-state index in [1.54, 1.807) is 12.3 Å². The number of allylic oxidation sites excluding steroid dienone is 1. The monoisotopic (exact) mass is 596 g/mol. The first kappa shape index (κ1) is 24.9. The van der Waals surface area contributed by atoms with Gasteiger partial charge >= 0.3 is 0 Å². The molecule has 1 heterocycles. The number of benzene rings is 3. The Morgan fingerprint density at radius 1 is 1.14 bits per heavy atom. The molecule has 0 saturated heterocycles. The van der Waals surface area contributed by atoms with Crippen LogP contribution in [0.1, 0.15) is 18.3 Å². The molecule has 3 aromatic carbocycles. The van der Waals surface area contributed by atoms with E-state index in [1.165, 1.54) is 15.3 Å². The zero-order valence-corrected chi connectivity index (χ0v) is 22.2. The van der Waals surface area contributed by atoms with Crippen molar-refractivity contribution in [3.8, 4) is 0 Å². The summed E-state index contributed by atoms with van der Waals surface area (Å²) >= 11 is 3.61. The number of aromatic nitrogens is 3. The number of amides is 1. The van der Waals surface area contributed by atoms with Gasteiger partial charge in [-0.25, -0.2) is 5.43 Å². The molecule has 9 heteroatoms. The van der Waals surface area contributed by atoms with E-state index in [0.717, 1.165) is 27.8 Å². The molecule has 4 rings (SSSR count). The van der Waals surface area contributed by atoms with E-state index in [-0.39, 0.29) is 5.91 Å². The van der Waals surface area contributed by atoms with Gasteiger partial charge in [0.15, 0.2) is 11.0 Å². The first-order valence-electron chi connectivity index (χ1n) is 11.0. The SMILES string of the molecule is C=CCn1c(CNc2ccc(I)cc2)nnc1SC(C)C(=O)N/N=C/c1ccc2ccccc2c1. The number of carbonyl (C=O) groups is 1. The summed E-state index contributed by atoms with van der Waals surface area (Å²) in [6.45, 7) is 6.73. The van der Waals surface area contributed by atoms with Gasteiger partial charge in [0.25, 0.3) is 5.91 Å². The fourth-order valence-corrected chi connectivity index (χ4v) is 4.59. The molecule has 0 spiro atoms. The van der Waals surface area contributed by atoms with Gasteiger partial charge in [-0.05, 0) is 76.2 Å². The summed E-state index contributed by atoms with van der Waals surface area (Å²) in [5, 5.41) is 18.7. The molecule has 178 valence electrons. The minimum absolute atomic E-state index is 0.209. The molecule has 1 unspecified atom stereocenters. The Bertz CT molecular complexity index is 1350. The fraction of sp³-hybridized carbons (Fsp3) is 0.154. The van der Waals surface area contributed by atoms with Crippen molar-refractivity contribution in [2.45, 2.75) is 30.4 Å². The smallest absolute Gasteiger partial charge is 0.253 e. The third-order valence-electron chi connectivity index (χ3n) is 5.21. The summed E-state index contributed by atoms with van der Waals surface area (Å²) in [4.78, 5) is 12.6. The molecule has 4 aromatic rings. The van der Waals surface area contributed by atoms with Crippen molar-refractivity contribution < 1.29 is 4.79 Å². The Kier molecular flexibility index (Phi) is 8.54. The molecule has 0 aliphatic rings. The normalized spacial score (nSPS) is 12.1. The van der Waals surface area contributed by atoms with E-state index < -0.39 is 5.25 Å². The van der Waals surface area contributed by atoms with Gasteiger partial charge in [0.1, 0.15) is 0 Å². The molecule has 1 atom stereocenters. The second kappa shape index (κ2) is 12.0. The van der Waals surface area contributed by atoms with Crippen LogP contribution in [0.25, 0.3) is 10.8 Å². The predicted molar refractivity (Wildman–Crippen MR) is 152 cm³/mol. The molecule has 7 nitrogen and oxygen atoms in total. The van der Waals surface area contributed by atoms with Gasteiger partial charge < -0.3 is 9.88 Å². The molecule has 0 aliphatic carbocycles. The Balaban J connectivity index is 1.36. The predicted octanol–water partition coefficient (Wildman–Crippen LogP) is 5.46. The largest absolute Gasteiger partial charge is 0.378 e. The van der Waals surface area contributed by atoms with Gasteiger partial charge in [-0.1, -0.05) is 54.2 Å². The van der Waals surface area contributed by atoms with Gasteiger partial charge in [-0.15, -0.1) is 16.8 Å². The number of thioether (sulfide) groups is 1. The van der Waals surface area contributed by atoms with Crippen molar-refractivity contribution in [2.75, 3.05) is 5.32 Å². The van der Waals surface area contributed by atoms with Crippen molar-refractivity contribution in [3.05, 3.63) is 94.3 Å². The van der Waals surface area contributed by atoms with Gasteiger partial charge in [0.2, 0.25) is 0 Å². The van der Waals surface area contributed by atoms with E-state index in [2.05, 4.69) is 61.3 Å². The molecular weight excluding hydrogens is 571 g/mol. The van der Waals surface area contributed by atoms with Crippen molar-refractivity contribution >= 4 is 62.9 Å². The van der Waals surface area contributed by atoms with Crippen molar-refractivity contribution in [2.24, 2.45) is 5.10 Å². The van der Waals surface area contributed by atoms with Crippen molar-refractivity contribution in [3.63, 3.8) is 0 Å². The molecule has 1 aromatic heterocycles. The molecular formula is C26H25IN6OS. The zero-order chi connectivity index (χ0) is 24.6. The average Bonchev–Trinajstić information content (AvgIpc) is 3.24. The highest BCUT2D eigenvalue weighted by Crippen LogP contribution is 2.23. The maximum Gasteiger partial charge on any atom is 0.253 e. The van der Waals surface area contributed by atoms with Crippen LogP contribution < -0.4 is 10.7 Å². The zero-order valence-electron chi connectivity index (χ0n) is 19.2. The Hall–Kier alpha value is -3.18. The van der Waals surface area contributed by atoms with E-state index in [1.807, 2.05) is 72.2 Å². The number of anilines is 1. The third-order valence-corrected chi connectivity index (χ3v) is 7.01. The highest BCUT2D eigenvalue weighted by atomic mass is 127. The Morgan fingerprint density at radius 2 is 1.91 bits per heavy atom. The van der Waals surface area contributed by atoms with E-state index in [0.29, 0.717) is 18.2 Å². The maximum absolute atomic E-state index is 12.6. The number of nitrogens with one attached hydrogen (secondary N) is 2. The Labute approximate surface area is 222 Å². The second-order valence-corrected chi connectivity index (χ2v) is 10.3. The van der Waals surface area contributed by atoms with Gasteiger partial charge in [-0.3, -0.25) is 4.79 Å². The van der Waals surface area contributed by atoms with Crippen molar-refractivity contribution in [1.29, 1.82) is 0 Å². The molecule has 35 heavy (non-hydrogen) atoms. The van der Waals surface area contributed by atoms with Crippen LogP contribution >= 0.6 is 34.4 Å². The summed E-state index contributed by atoms with van der Waals surface area (Å²) in [6.07, 6.45) is 3.44. The van der Waals surface area contributed by atoms with Crippen LogP contribution in [-0.4, -0.2) is 32.1 Å². The van der Waals surface area contributed by atoms with Crippen LogP contribution in [0.4, 0.5) is 5.69 Å². The average molecular weight is 596 g/mol. The van der Waals surface area contributed by atoms with Crippen LogP contribution in [-0.2, 0) is 17.9 Å². The molecule has 0 radical (unpaired) electrons. The third kappa shape index (κ3) is 6.70. The lowest BCUT2D eigenvalue weighted by Crippen LogP contribution is -2.27. The molecule has 1 amide bonds. The van der Waals surface area contributed by atoms with Gasteiger partial charge in [0.05, 0.1) is 18.0 Å². The number of hydrogen-bond acceptors (Lipinski definition) is 6. The lowest BCUT2D eigenvalue weighted by atomic mass is 10.1. The first-order chi connectivity index (χ1) is 17.0. The number of hydrazone groups is 1. The lowest BCUT2D eigenvalue weighted by Gasteiger charge is -2.12. The number of rotatable bonds is 10. The summed E-state index contributed by atoms with van der Waals surface area (Å²) in [5.41, 5.74) is 4.55. The first-order valence-corrected chi connectivity index (χ1v) is 13.0. The lowest BCUT2D eigenvalue weighted by molar-refractivity contribution is -0.120. The van der Waals surface area contributed by atoms with E-state index in [4.69, 9.17) is 0 Å². The molecule has 0 aliphatic heterocycles. The van der Waals surface area contributed by atoms with Gasteiger partial charge in [-0.2, -0.15) is 5.10 Å². The number of carbonyl (C=O) groups excluding carboxylic acids is 1. The minimum Gasteiger partial charge on any atom is -0.378 e. The highest BCUT2D eigenvalue weighted by Gasteiger charge is 2.19. The second-order valence-electron chi connectivity index (χ2n) is 7.76. The minimum atomic E-state index is -0.409. The molecule has 0 bridgehead atoms. The topological polar surface area (TPSA) is 84.2 Å². The summed E-state index contributed by atoms with van der Waals surface area (Å²) < 4.78 is 3.13. The summed E-state index contributed by atoms with van der Waals surface area (Å²) in [7, 11) is 0. The van der Waals surface area contributed by atoms with Crippen LogP contribution in [0.5, 0.6) is 0 Å². The van der Waals surface area contributed by atoms with Crippen LogP contribution in [0.3, 0.4) is 0 Å². The number of fused-ring (bicyclic) bond motifs is 1. The molecule has 2 N–H and O–H groups in total. The number of nitrogens with zero attached hydrogens (tertiary/aromatic N) is 4. The summed E-state index contributed by atoms with van der Waals surface area (Å²) in [6, 6.07) is 22.3. The molecule has 0 saturated carbocycles. The number of hydrogen-bond donors (Lipinski definition) is 2. The van der Waals surface area contributed by atoms with Gasteiger partial charge in [0, 0.05) is 15.8 Å². The summed E-state index contributed by atoms with van der Waals surface area (Å²) in [5.74, 6) is 0.562. The van der Waals surface area contributed by atoms with Crippen molar-refractivity contribution in [1.82, 2.24) is 20.2 Å². The van der Waals surface area contributed by atoms with Crippen LogP contribution in [0.2, 0.25) is 0 Å². The van der Waals surface area contributed by atoms with E-state index in [9.17, 15) is 4.79 Å². The maximum atomic E-state index is 12.6. The van der Waals surface area contributed by atoms with Crippen LogP contribution in [0, 0.1) is 3.57 Å². The quantitative estimate of drug-likeness (QED) is 0.0835.